The van der Waals surface area contributed by atoms with E-state index in [2.05, 4.69) is 19.9 Å². The minimum Gasteiger partial charge on any atom is -0.465 e. The average Bonchev–Trinajstić information content (AvgIpc) is 3.06. The third kappa shape index (κ3) is 2.85. The highest BCUT2D eigenvalue weighted by Crippen LogP contribution is 2.67. The minimum atomic E-state index is -0.269. The molecule has 0 amide bonds. The summed E-state index contributed by atoms with van der Waals surface area (Å²) in [5.74, 6) is 2.52. The lowest BCUT2D eigenvalue weighted by Crippen LogP contribution is -2.52. The van der Waals surface area contributed by atoms with Crippen molar-refractivity contribution in [3.63, 3.8) is 0 Å². The molecule has 0 spiro atoms. The standard InChI is InChI=1S/C25H32O4/c1-24-11-9-18(29-15-26)13-17(24)4-5-19-21-7-6-20(16-3-8-23(27)28-14-16)25(21,2)12-10-22(19)24/h3,7-8,14-15,17-20,22H,4-6,9-13H2,1-2H3. The SMILES string of the molecule is CC12CCC3C(CCC4CC(OC=O)CCC43C)C1=CCC2c1ccc(=O)oc1. The first-order valence-electron chi connectivity index (χ1n) is 11.3. The molecule has 7 unspecified atom stereocenters. The van der Waals surface area contributed by atoms with Crippen LogP contribution < -0.4 is 5.63 Å². The zero-order chi connectivity index (χ0) is 20.2. The molecule has 156 valence electrons. The monoisotopic (exact) mass is 396 g/mol. The summed E-state index contributed by atoms with van der Waals surface area (Å²) in [6, 6.07) is 3.53. The van der Waals surface area contributed by atoms with E-state index < -0.39 is 0 Å². The molecule has 4 heteroatoms. The molecule has 3 fully saturated rings. The Morgan fingerprint density at radius 3 is 2.76 bits per heavy atom. The molecular weight excluding hydrogens is 364 g/mol. The van der Waals surface area contributed by atoms with E-state index in [1.807, 2.05) is 6.07 Å². The molecule has 7 atom stereocenters. The van der Waals surface area contributed by atoms with Gasteiger partial charge in [0.25, 0.3) is 6.47 Å². The van der Waals surface area contributed by atoms with Gasteiger partial charge in [0, 0.05) is 6.07 Å². The Hall–Kier alpha value is -1.84. The summed E-state index contributed by atoms with van der Waals surface area (Å²) in [7, 11) is 0. The van der Waals surface area contributed by atoms with Gasteiger partial charge in [0.05, 0.1) is 6.26 Å². The predicted molar refractivity (Wildman–Crippen MR) is 110 cm³/mol. The lowest BCUT2D eigenvalue weighted by Gasteiger charge is -2.59. The van der Waals surface area contributed by atoms with E-state index in [9.17, 15) is 9.59 Å². The summed E-state index contributed by atoms with van der Waals surface area (Å²) in [4.78, 5) is 22.2. The first kappa shape index (κ1) is 19.1. The van der Waals surface area contributed by atoms with Crippen LogP contribution >= 0.6 is 0 Å². The van der Waals surface area contributed by atoms with E-state index in [0.29, 0.717) is 29.6 Å². The zero-order valence-corrected chi connectivity index (χ0v) is 17.6. The normalized spacial score (nSPS) is 43.5. The Kier molecular flexibility index (Phi) is 4.52. The molecule has 29 heavy (non-hydrogen) atoms. The van der Waals surface area contributed by atoms with Crippen molar-refractivity contribution >= 4 is 6.47 Å². The number of ether oxygens (including phenoxy) is 1. The van der Waals surface area contributed by atoms with Crippen molar-refractivity contribution in [2.45, 2.75) is 77.2 Å². The van der Waals surface area contributed by atoms with Crippen LogP contribution in [0.2, 0.25) is 0 Å². The van der Waals surface area contributed by atoms with Crippen molar-refractivity contribution in [2.24, 2.45) is 28.6 Å². The van der Waals surface area contributed by atoms with Gasteiger partial charge in [-0.1, -0.05) is 25.5 Å². The third-order valence-electron chi connectivity index (χ3n) is 9.39. The Balaban J connectivity index is 1.40. The van der Waals surface area contributed by atoms with E-state index in [-0.39, 0.29) is 17.1 Å². The second-order valence-corrected chi connectivity index (χ2v) is 10.4. The molecule has 1 aromatic heterocycles. The van der Waals surface area contributed by atoms with Crippen molar-refractivity contribution < 1.29 is 13.9 Å². The van der Waals surface area contributed by atoms with Gasteiger partial charge in [-0.3, -0.25) is 4.79 Å². The Bertz CT molecular complexity index is 865. The summed E-state index contributed by atoms with van der Waals surface area (Å²) in [6.45, 7) is 5.61. The molecule has 1 heterocycles. The fourth-order valence-corrected chi connectivity index (χ4v) is 7.82. The van der Waals surface area contributed by atoms with E-state index in [0.717, 1.165) is 25.2 Å². The van der Waals surface area contributed by atoms with Gasteiger partial charge in [-0.25, -0.2) is 4.79 Å². The summed E-state index contributed by atoms with van der Waals surface area (Å²) < 4.78 is 10.5. The van der Waals surface area contributed by atoms with E-state index in [1.54, 1.807) is 17.9 Å². The van der Waals surface area contributed by atoms with Gasteiger partial charge in [-0.05, 0) is 97.5 Å². The quantitative estimate of drug-likeness (QED) is 0.519. The second-order valence-electron chi connectivity index (χ2n) is 10.4. The molecule has 5 rings (SSSR count). The van der Waals surface area contributed by atoms with Crippen LogP contribution in [0.4, 0.5) is 0 Å². The van der Waals surface area contributed by atoms with Crippen LogP contribution in [0.25, 0.3) is 0 Å². The summed E-state index contributed by atoms with van der Waals surface area (Å²) in [5, 5.41) is 0. The Morgan fingerprint density at radius 2 is 2.00 bits per heavy atom. The van der Waals surface area contributed by atoms with Gasteiger partial charge < -0.3 is 9.15 Å². The maximum Gasteiger partial charge on any atom is 0.335 e. The van der Waals surface area contributed by atoms with Crippen molar-refractivity contribution in [1.82, 2.24) is 0 Å². The third-order valence-corrected chi connectivity index (χ3v) is 9.39. The van der Waals surface area contributed by atoms with Crippen molar-refractivity contribution in [1.29, 1.82) is 0 Å². The van der Waals surface area contributed by atoms with Crippen LogP contribution in [0, 0.1) is 28.6 Å². The molecule has 0 saturated heterocycles. The molecule has 0 radical (unpaired) electrons. The highest BCUT2D eigenvalue weighted by molar-refractivity contribution is 5.38. The highest BCUT2D eigenvalue weighted by Gasteiger charge is 2.57. The lowest BCUT2D eigenvalue weighted by molar-refractivity contribution is -0.142. The Morgan fingerprint density at radius 1 is 1.14 bits per heavy atom. The summed E-state index contributed by atoms with van der Waals surface area (Å²) in [5.41, 5.74) is 3.13. The minimum absolute atomic E-state index is 0.124. The number of rotatable bonds is 3. The zero-order valence-electron chi connectivity index (χ0n) is 17.6. The van der Waals surface area contributed by atoms with Crippen molar-refractivity contribution in [3.05, 3.63) is 46.0 Å². The van der Waals surface area contributed by atoms with Gasteiger partial charge in [0.2, 0.25) is 0 Å². The Labute approximate surface area is 172 Å². The second kappa shape index (κ2) is 6.85. The maximum absolute atomic E-state index is 11.4. The first-order chi connectivity index (χ1) is 14.0. The average molecular weight is 397 g/mol. The molecule has 4 aliphatic carbocycles. The van der Waals surface area contributed by atoms with Gasteiger partial charge >= 0.3 is 5.63 Å². The lowest BCUT2D eigenvalue weighted by atomic mass is 9.46. The topological polar surface area (TPSA) is 56.5 Å². The molecule has 0 bridgehead atoms. The maximum atomic E-state index is 11.4. The smallest absolute Gasteiger partial charge is 0.335 e. The summed E-state index contributed by atoms with van der Waals surface area (Å²) >= 11 is 0. The molecule has 3 saturated carbocycles. The number of hydrogen-bond donors (Lipinski definition) is 0. The van der Waals surface area contributed by atoms with Crippen LogP contribution in [0.5, 0.6) is 0 Å². The van der Waals surface area contributed by atoms with Gasteiger partial charge in [0.1, 0.15) is 6.10 Å². The number of hydrogen-bond acceptors (Lipinski definition) is 4. The van der Waals surface area contributed by atoms with Gasteiger partial charge in [-0.15, -0.1) is 0 Å². The first-order valence-corrected chi connectivity index (χ1v) is 11.3. The molecule has 4 aliphatic rings. The molecule has 0 aromatic carbocycles. The molecule has 1 aromatic rings. The number of carbonyl (C=O) groups excluding carboxylic acids is 1. The van der Waals surface area contributed by atoms with E-state index in [4.69, 9.17) is 9.15 Å². The number of fused-ring (bicyclic) bond motifs is 5. The summed E-state index contributed by atoms with van der Waals surface area (Å²) in [6.07, 6.45) is 13.6. The number of carbonyl (C=O) groups is 1. The predicted octanol–water partition coefficient (Wildman–Crippen LogP) is 5.23. The molecule has 0 aliphatic heterocycles. The van der Waals surface area contributed by atoms with Crippen LogP contribution in [0.1, 0.15) is 76.7 Å². The van der Waals surface area contributed by atoms with Crippen molar-refractivity contribution in [2.75, 3.05) is 0 Å². The van der Waals surface area contributed by atoms with Crippen LogP contribution in [0.3, 0.4) is 0 Å². The molecule has 4 nitrogen and oxygen atoms in total. The van der Waals surface area contributed by atoms with Crippen molar-refractivity contribution in [3.8, 4) is 0 Å². The largest absolute Gasteiger partial charge is 0.465 e. The van der Waals surface area contributed by atoms with Crippen LogP contribution in [-0.2, 0) is 9.53 Å². The fraction of sp³-hybridized carbons (Fsp3) is 0.680. The fourth-order valence-electron chi connectivity index (χ4n) is 7.82. The van der Waals surface area contributed by atoms with Crippen LogP contribution in [-0.4, -0.2) is 12.6 Å². The molecular formula is C25H32O4. The van der Waals surface area contributed by atoms with Gasteiger partial charge in [-0.2, -0.15) is 0 Å². The van der Waals surface area contributed by atoms with Gasteiger partial charge in [0.15, 0.2) is 0 Å². The number of allylic oxidation sites excluding steroid dienone is 2. The van der Waals surface area contributed by atoms with E-state index >= 15 is 0 Å². The van der Waals surface area contributed by atoms with E-state index in [1.165, 1.54) is 37.7 Å². The molecule has 0 N–H and O–H groups in total. The van der Waals surface area contributed by atoms with Crippen LogP contribution in [0.15, 0.2) is 39.3 Å². The highest BCUT2D eigenvalue weighted by atomic mass is 16.5.